The first-order chi connectivity index (χ1) is 9.38. The van der Waals surface area contributed by atoms with Crippen molar-refractivity contribution < 1.29 is 14.7 Å². The lowest BCUT2D eigenvalue weighted by atomic mass is 10.2. The summed E-state index contributed by atoms with van der Waals surface area (Å²) in [6.07, 6.45) is 0.301. The summed E-state index contributed by atoms with van der Waals surface area (Å²) >= 11 is 5.83. The van der Waals surface area contributed by atoms with Crippen molar-refractivity contribution in [3.63, 3.8) is 0 Å². The minimum Gasteiger partial charge on any atom is -0.481 e. The molecule has 5 nitrogen and oxygen atoms in total. The Kier molecular flexibility index (Phi) is 6.48. The summed E-state index contributed by atoms with van der Waals surface area (Å²) in [6, 6.07) is 6.94. The Hall–Kier alpha value is -1.59. The number of anilines is 1. The van der Waals surface area contributed by atoms with E-state index in [-0.39, 0.29) is 5.91 Å². The lowest BCUT2D eigenvalue weighted by molar-refractivity contribution is -0.141. The molecule has 0 aromatic heterocycles. The summed E-state index contributed by atoms with van der Waals surface area (Å²) < 4.78 is 0. The van der Waals surface area contributed by atoms with Crippen LogP contribution in [0, 0.1) is 5.92 Å². The minimum atomic E-state index is -0.833. The number of carbonyl (C=O) groups excluding carboxylic acids is 1. The molecule has 0 aliphatic rings. The molecular weight excluding hydrogens is 280 g/mol. The van der Waals surface area contributed by atoms with Gasteiger partial charge < -0.3 is 15.3 Å². The number of carboxylic acids is 1. The highest BCUT2D eigenvalue weighted by Gasteiger charge is 2.14. The van der Waals surface area contributed by atoms with Crippen LogP contribution in [0.1, 0.15) is 13.3 Å². The molecule has 2 N–H and O–H groups in total. The molecule has 1 rings (SSSR count). The number of hydrogen-bond donors (Lipinski definition) is 2. The summed E-state index contributed by atoms with van der Waals surface area (Å²) in [5.74, 6) is -1.40. The molecular formula is C14H19ClN2O3. The molecule has 0 aliphatic heterocycles. The van der Waals surface area contributed by atoms with Crippen molar-refractivity contribution in [3.05, 3.63) is 29.3 Å². The van der Waals surface area contributed by atoms with E-state index < -0.39 is 11.9 Å². The Balaban J connectivity index is 2.34. The van der Waals surface area contributed by atoms with Gasteiger partial charge in [0.1, 0.15) is 0 Å². The molecule has 0 heterocycles. The third-order valence-corrected chi connectivity index (χ3v) is 3.07. The van der Waals surface area contributed by atoms with E-state index >= 15 is 0 Å². The molecule has 1 aromatic rings. The maximum absolute atomic E-state index is 11.8. The Morgan fingerprint density at radius 2 is 2.15 bits per heavy atom. The van der Waals surface area contributed by atoms with Gasteiger partial charge >= 0.3 is 5.97 Å². The van der Waals surface area contributed by atoms with Gasteiger partial charge in [-0.05, 0) is 25.2 Å². The van der Waals surface area contributed by atoms with E-state index in [0.29, 0.717) is 30.2 Å². The molecule has 20 heavy (non-hydrogen) atoms. The molecule has 0 bridgehead atoms. The number of nitrogens with zero attached hydrogens (tertiary/aromatic N) is 1. The maximum Gasteiger partial charge on any atom is 0.307 e. The molecule has 0 spiro atoms. The highest BCUT2D eigenvalue weighted by Crippen LogP contribution is 2.15. The predicted octanol–water partition coefficient (Wildman–Crippen LogP) is 2.32. The first kappa shape index (κ1) is 16.5. The van der Waals surface area contributed by atoms with Crippen LogP contribution in [-0.4, -0.2) is 42.0 Å². The van der Waals surface area contributed by atoms with Gasteiger partial charge in [-0.2, -0.15) is 0 Å². The molecule has 1 aromatic carbocycles. The zero-order valence-electron chi connectivity index (χ0n) is 11.6. The lowest BCUT2D eigenvalue weighted by Gasteiger charge is -2.18. The molecule has 0 saturated carbocycles. The largest absolute Gasteiger partial charge is 0.481 e. The SMILES string of the molecule is CC(CN(C)CCC(=O)Nc1cccc(Cl)c1)C(=O)O. The fourth-order valence-corrected chi connectivity index (χ4v) is 1.91. The van der Waals surface area contributed by atoms with Crippen molar-refractivity contribution in [2.24, 2.45) is 5.92 Å². The fraction of sp³-hybridized carbons (Fsp3) is 0.429. The standard InChI is InChI=1S/C14H19ClN2O3/c1-10(14(19)20)9-17(2)7-6-13(18)16-12-5-3-4-11(15)8-12/h3-5,8,10H,6-7,9H2,1-2H3,(H,16,18)(H,19,20). The Labute approximate surface area is 123 Å². The molecule has 6 heteroatoms. The van der Waals surface area contributed by atoms with Gasteiger partial charge in [0, 0.05) is 30.2 Å². The Bertz CT molecular complexity index is 479. The molecule has 0 aliphatic carbocycles. The van der Waals surface area contributed by atoms with E-state index in [9.17, 15) is 9.59 Å². The second-order valence-electron chi connectivity index (χ2n) is 4.81. The van der Waals surface area contributed by atoms with Crippen LogP contribution in [0.25, 0.3) is 0 Å². The number of rotatable bonds is 7. The van der Waals surface area contributed by atoms with E-state index in [2.05, 4.69) is 5.32 Å². The van der Waals surface area contributed by atoms with Crippen LogP contribution in [0.15, 0.2) is 24.3 Å². The van der Waals surface area contributed by atoms with Gasteiger partial charge in [0.05, 0.1) is 5.92 Å². The summed E-state index contributed by atoms with van der Waals surface area (Å²) in [5.41, 5.74) is 0.657. The van der Waals surface area contributed by atoms with Crippen LogP contribution in [-0.2, 0) is 9.59 Å². The Morgan fingerprint density at radius 1 is 1.45 bits per heavy atom. The van der Waals surface area contributed by atoms with Gasteiger partial charge in [0.25, 0.3) is 0 Å². The number of carboxylic acid groups (broad SMARTS) is 1. The van der Waals surface area contributed by atoms with E-state index in [0.717, 1.165) is 0 Å². The van der Waals surface area contributed by atoms with Crippen LogP contribution >= 0.6 is 11.6 Å². The van der Waals surface area contributed by atoms with Gasteiger partial charge in [-0.25, -0.2) is 0 Å². The second-order valence-corrected chi connectivity index (χ2v) is 5.25. The summed E-state index contributed by atoms with van der Waals surface area (Å²) in [4.78, 5) is 24.3. The molecule has 0 radical (unpaired) electrons. The van der Waals surface area contributed by atoms with Gasteiger partial charge in [-0.3, -0.25) is 9.59 Å². The molecule has 0 fully saturated rings. The van der Waals surface area contributed by atoms with Gasteiger partial charge in [0.2, 0.25) is 5.91 Å². The number of benzene rings is 1. The highest BCUT2D eigenvalue weighted by molar-refractivity contribution is 6.30. The zero-order chi connectivity index (χ0) is 15.1. The molecule has 0 saturated heterocycles. The Morgan fingerprint density at radius 3 is 2.75 bits per heavy atom. The van der Waals surface area contributed by atoms with E-state index in [1.54, 1.807) is 38.2 Å². The number of hydrogen-bond acceptors (Lipinski definition) is 3. The second kappa shape index (κ2) is 7.87. The summed E-state index contributed by atoms with van der Waals surface area (Å²) in [7, 11) is 1.80. The van der Waals surface area contributed by atoms with Gasteiger partial charge in [-0.15, -0.1) is 0 Å². The van der Waals surface area contributed by atoms with Crippen LogP contribution in [0.2, 0.25) is 5.02 Å². The third kappa shape index (κ3) is 6.04. The minimum absolute atomic E-state index is 0.123. The van der Waals surface area contributed by atoms with Crippen LogP contribution < -0.4 is 5.32 Å². The van der Waals surface area contributed by atoms with Crippen molar-refractivity contribution in [2.75, 3.05) is 25.5 Å². The number of amides is 1. The number of aliphatic carboxylic acids is 1. The molecule has 1 unspecified atom stereocenters. The molecule has 110 valence electrons. The first-order valence-electron chi connectivity index (χ1n) is 6.35. The predicted molar refractivity (Wildman–Crippen MR) is 79.0 cm³/mol. The van der Waals surface area contributed by atoms with Crippen molar-refractivity contribution in [3.8, 4) is 0 Å². The van der Waals surface area contributed by atoms with E-state index in [1.807, 2.05) is 4.90 Å². The zero-order valence-corrected chi connectivity index (χ0v) is 12.4. The molecule has 1 amide bonds. The summed E-state index contributed by atoms with van der Waals surface area (Å²) in [6.45, 7) is 2.56. The van der Waals surface area contributed by atoms with Crippen LogP contribution in [0.5, 0.6) is 0 Å². The highest BCUT2D eigenvalue weighted by atomic mass is 35.5. The topological polar surface area (TPSA) is 69.6 Å². The number of nitrogens with one attached hydrogen (secondary N) is 1. The van der Waals surface area contributed by atoms with Crippen LogP contribution in [0.4, 0.5) is 5.69 Å². The van der Waals surface area contributed by atoms with Gasteiger partial charge in [-0.1, -0.05) is 24.6 Å². The monoisotopic (exact) mass is 298 g/mol. The fourth-order valence-electron chi connectivity index (χ4n) is 1.72. The van der Waals surface area contributed by atoms with Crippen molar-refractivity contribution in [2.45, 2.75) is 13.3 Å². The van der Waals surface area contributed by atoms with Crippen molar-refractivity contribution >= 4 is 29.2 Å². The van der Waals surface area contributed by atoms with Gasteiger partial charge in [0.15, 0.2) is 0 Å². The average molecular weight is 299 g/mol. The average Bonchev–Trinajstić information content (AvgIpc) is 2.36. The number of halogens is 1. The lowest BCUT2D eigenvalue weighted by Crippen LogP contribution is -2.31. The van der Waals surface area contributed by atoms with Crippen LogP contribution in [0.3, 0.4) is 0 Å². The van der Waals surface area contributed by atoms with E-state index in [1.165, 1.54) is 0 Å². The summed E-state index contributed by atoms with van der Waals surface area (Å²) in [5, 5.41) is 12.1. The maximum atomic E-state index is 11.8. The third-order valence-electron chi connectivity index (χ3n) is 2.84. The smallest absolute Gasteiger partial charge is 0.307 e. The molecule has 1 atom stereocenters. The normalized spacial score (nSPS) is 12.2. The van der Waals surface area contributed by atoms with Crippen molar-refractivity contribution in [1.29, 1.82) is 0 Å². The first-order valence-corrected chi connectivity index (χ1v) is 6.73. The number of carbonyl (C=O) groups is 2. The van der Waals surface area contributed by atoms with Crippen molar-refractivity contribution in [1.82, 2.24) is 4.90 Å². The quantitative estimate of drug-likeness (QED) is 0.810. The van der Waals surface area contributed by atoms with E-state index in [4.69, 9.17) is 16.7 Å².